The summed E-state index contributed by atoms with van der Waals surface area (Å²) >= 11 is 3.80. The standard InChI is InChI=1S/C18H15Br.C8H6N2/c19-17-11-13-6-2-3-7-14(13)16-10-9-12-5-1-4-8-15(12)18(16)17;1-2-7-3-5-9-6-8(7)10-4-1/h2-3,6-7,9-11H,1,4-5,8H2;1-6H. The van der Waals surface area contributed by atoms with E-state index in [1.807, 2.05) is 18.2 Å². The first-order chi connectivity index (χ1) is 14.3. The van der Waals surface area contributed by atoms with Gasteiger partial charge in [0, 0.05) is 22.3 Å². The molecule has 0 fully saturated rings. The molecule has 0 radical (unpaired) electrons. The molecule has 5 aromatic rings. The molecular formula is C26H21BrN2. The number of aryl methyl sites for hydroxylation is 2. The Labute approximate surface area is 178 Å². The van der Waals surface area contributed by atoms with Crippen molar-refractivity contribution in [3.63, 3.8) is 0 Å². The Morgan fingerprint density at radius 2 is 1.62 bits per heavy atom. The number of hydrogen-bond donors (Lipinski definition) is 0. The second-order valence-electron chi connectivity index (χ2n) is 7.48. The molecule has 29 heavy (non-hydrogen) atoms. The smallest absolute Gasteiger partial charge is 0.0885 e. The van der Waals surface area contributed by atoms with E-state index >= 15 is 0 Å². The van der Waals surface area contributed by atoms with Crippen LogP contribution in [0.3, 0.4) is 0 Å². The average Bonchev–Trinajstić information content (AvgIpc) is 2.79. The van der Waals surface area contributed by atoms with Gasteiger partial charge in [-0.05, 0) is 76.6 Å². The summed E-state index contributed by atoms with van der Waals surface area (Å²) in [7, 11) is 0. The number of halogens is 1. The Morgan fingerprint density at radius 1 is 0.759 bits per heavy atom. The second kappa shape index (κ2) is 7.92. The number of aromatic nitrogens is 2. The van der Waals surface area contributed by atoms with Crippen LogP contribution in [0.25, 0.3) is 32.4 Å². The summed E-state index contributed by atoms with van der Waals surface area (Å²) in [5.41, 5.74) is 4.07. The van der Waals surface area contributed by atoms with E-state index in [1.165, 1.54) is 51.7 Å². The predicted molar refractivity (Wildman–Crippen MR) is 125 cm³/mol. The molecule has 6 rings (SSSR count). The minimum atomic E-state index is 0.949. The summed E-state index contributed by atoms with van der Waals surface area (Å²) < 4.78 is 1.25. The second-order valence-corrected chi connectivity index (χ2v) is 8.34. The van der Waals surface area contributed by atoms with Gasteiger partial charge in [0.2, 0.25) is 0 Å². The van der Waals surface area contributed by atoms with Crippen LogP contribution in [0.5, 0.6) is 0 Å². The van der Waals surface area contributed by atoms with Crippen LogP contribution in [0.2, 0.25) is 0 Å². The molecule has 2 aromatic heterocycles. The van der Waals surface area contributed by atoms with Gasteiger partial charge in [0.05, 0.1) is 11.7 Å². The Hall–Kier alpha value is -2.78. The molecule has 0 unspecified atom stereocenters. The Kier molecular flexibility index (Phi) is 4.99. The first kappa shape index (κ1) is 18.3. The number of fused-ring (bicyclic) bond motifs is 6. The summed E-state index contributed by atoms with van der Waals surface area (Å²) in [6, 6.07) is 21.5. The minimum absolute atomic E-state index is 0.949. The van der Waals surface area contributed by atoms with Crippen molar-refractivity contribution in [2.24, 2.45) is 0 Å². The molecule has 0 amide bonds. The van der Waals surface area contributed by atoms with Gasteiger partial charge >= 0.3 is 0 Å². The Morgan fingerprint density at radius 3 is 2.55 bits per heavy atom. The lowest BCUT2D eigenvalue weighted by Gasteiger charge is -2.19. The monoisotopic (exact) mass is 440 g/mol. The summed E-state index contributed by atoms with van der Waals surface area (Å²) in [4.78, 5) is 8.07. The van der Waals surface area contributed by atoms with E-state index in [9.17, 15) is 0 Å². The molecule has 1 aliphatic rings. The zero-order chi connectivity index (χ0) is 19.6. The third-order valence-electron chi connectivity index (χ3n) is 5.71. The van der Waals surface area contributed by atoms with Gasteiger partial charge in [-0.25, -0.2) is 0 Å². The fourth-order valence-electron chi connectivity index (χ4n) is 4.32. The average molecular weight is 441 g/mol. The van der Waals surface area contributed by atoms with E-state index in [4.69, 9.17) is 0 Å². The molecular weight excluding hydrogens is 420 g/mol. The number of rotatable bonds is 0. The van der Waals surface area contributed by atoms with Crippen molar-refractivity contribution >= 4 is 48.4 Å². The van der Waals surface area contributed by atoms with Crippen LogP contribution in [-0.2, 0) is 12.8 Å². The SMILES string of the molecule is Brc1cc2ccccc2c2ccc3c(c12)CCCC3.c1cnc2cnccc2c1. The Bertz CT molecular complexity index is 1260. The van der Waals surface area contributed by atoms with E-state index in [-0.39, 0.29) is 0 Å². The van der Waals surface area contributed by atoms with E-state index in [0.29, 0.717) is 0 Å². The van der Waals surface area contributed by atoms with Gasteiger partial charge < -0.3 is 0 Å². The highest BCUT2D eigenvalue weighted by Crippen LogP contribution is 2.37. The minimum Gasteiger partial charge on any atom is -0.262 e. The summed E-state index contributed by atoms with van der Waals surface area (Å²) in [6.07, 6.45) is 10.4. The molecule has 0 atom stereocenters. The summed E-state index contributed by atoms with van der Waals surface area (Å²) in [5.74, 6) is 0. The highest BCUT2D eigenvalue weighted by atomic mass is 79.9. The fourth-order valence-corrected chi connectivity index (χ4v) is 5.02. The number of pyridine rings is 2. The van der Waals surface area contributed by atoms with E-state index in [0.717, 1.165) is 10.9 Å². The quantitative estimate of drug-likeness (QED) is 0.236. The molecule has 2 heterocycles. The molecule has 0 N–H and O–H groups in total. The van der Waals surface area contributed by atoms with Crippen molar-refractivity contribution in [1.82, 2.24) is 9.97 Å². The summed E-state index contributed by atoms with van der Waals surface area (Å²) in [6.45, 7) is 0. The predicted octanol–water partition coefficient (Wildman–Crippen LogP) is 7.26. The van der Waals surface area contributed by atoms with Crippen LogP contribution < -0.4 is 0 Å². The van der Waals surface area contributed by atoms with Gasteiger partial charge in [-0.2, -0.15) is 0 Å². The van der Waals surface area contributed by atoms with Gasteiger partial charge in [-0.15, -0.1) is 0 Å². The fraction of sp³-hybridized carbons (Fsp3) is 0.154. The number of hydrogen-bond acceptors (Lipinski definition) is 2. The van der Waals surface area contributed by atoms with Crippen molar-refractivity contribution in [3.8, 4) is 0 Å². The molecule has 0 aliphatic heterocycles. The lowest BCUT2D eigenvalue weighted by molar-refractivity contribution is 0.690. The van der Waals surface area contributed by atoms with Crippen molar-refractivity contribution in [3.05, 3.63) is 94.9 Å². The molecule has 0 saturated heterocycles. The molecule has 0 saturated carbocycles. The highest BCUT2D eigenvalue weighted by molar-refractivity contribution is 9.10. The lowest BCUT2D eigenvalue weighted by Crippen LogP contribution is -2.03. The number of nitrogens with zero attached hydrogens (tertiary/aromatic N) is 2. The zero-order valence-corrected chi connectivity index (χ0v) is 17.7. The van der Waals surface area contributed by atoms with Gasteiger partial charge in [0.25, 0.3) is 0 Å². The third kappa shape index (κ3) is 3.51. The van der Waals surface area contributed by atoms with Gasteiger partial charge in [-0.1, -0.05) is 58.4 Å². The molecule has 0 spiro atoms. The maximum Gasteiger partial charge on any atom is 0.0885 e. The van der Waals surface area contributed by atoms with Crippen LogP contribution in [-0.4, -0.2) is 9.97 Å². The van der Waals surface area contributed by atoms with Crippen molar-refractivity contribution < 1.29 is 0 Å². The van der Waals surface area contributed by atoms with Crippen molar-refractivity contribution in [1.29, 1.82) is 0 Å². The van der Waals surface area contributed by atoms with Gasteiger partial charge in [0.1, 0.15) is 0 Å². The number of benzene rings is 3. The molecule has 1 aliphatic carbocycles. The maximum absolute atomic E-state index is 4.12. The van der Waals surface area contributed by atoms with Crippen LogP contribution in [0.1, 0.15) is 24.0 Å². The van der Waals surface area contributed by atoms with Crippen molar-refractivity contribution in [2.75, 3.05) is 0 Å². The van der Waals surface area contributed by atoms with E-state index in [2.05, 4.69) is 68.4 Å². The normalized spacial score (nSPS) is 13.1. The molecule has 0 bridgehead atoms. The van der Waals surface area contributed by atoms with Crippen LogP contribution >= 0.6 is 15.9 Å². The molecule has 3 heteroatoms. The largest absolute Gasteiger partial charge is 0.262 e. The molecule has 142 valence electrons. The van der Waals surface area contributed by atoms with E-state index < -0.39 is 0 Å². The van der Waals surface area contributed by atoms with Crippen LogP contribution in [0.15, 0.2) is 83.7 Å². The van der Waals surface area contributed by atoms with E-state index in [1.54, 1.807) is 29.7 Å². The third-order valence-corrected chi connectivity index (χ3v) is 6.34. The van der Waals surface area contributed by atoms with Gasteiger partial charge in [-0.3, -0.25) is 9.97 Å². The molecule has 2 nitrogen and oxygen atoms in total. The first-order valence-corrected chi connectivity index (χ1v) is 10.9. The maximum atomic E-state index is 4.12. The highest BCUT2D eigenvalue weighted by Gasteiger charge is 2.15. The molecule has 3 aromatic carbocycles. The van der Waals surface area contributed by atoms with Crippen LogP contribution in [0, 0.1) is 0 Å². The van der Waals surface area contributed by atoms with Crippen LogP contribution in [0.4, 0.5) is 0 Å². The Balaban J connectivity index is 0.000000153. The van der Waals surface area contributed by atoms with Crippen molar-refractivity contribution in [2.45, 2.75) is 25.7 Å². The lowest BCUT2D eigenvalue weighted by atomic mass is 9.86. The topological polar surface area (TPSA) is 25.8 Å². The summed E-state index contributed by atoms with van der Waals surface area (Å²) in [5, 5.41) is 6.66. The first-order valence-electron chi connectivity index (χ1n) is 10.1. The zero-order valence-electron chi connectivity index (χ0n) is 16.1. The van der Waals surface area contributed by atoms with Gasteiger partial charge in [0.15, 0.2) is 0 Å².